The average molecular weight is 526 g/mol. The second-order valence-electron chi connectivity index (χ2n) is 9.47. The fourth-order valence-electron chi connectivity index (χ4n) is 4.43. The van der Waals surface area contributed by atoms with Gasteiger partial charge in [-0.05, 0) is 53.8 Å². The highest BCUT2D eigenvalue weighted by atomic mass is 16.6. The molecule has 1 amide bonds. The second kappa shape index (κ2) is 13.4. The second-order valence-corrected chi connectivity index (χ2v) is 9.47. The van der Waals surface area contributed by atoms with Gasteiger partial charge < -0.3 is 20.1 Å². The molecule has 0 atom stereocenters. The molecule has 0 bridgehead atoms. The number of nitrogens with zero attached hydrogens (tertiary/aromatic N) is 2. The van der Waals surface area contributed by atoms with Crippen LogP contribution in [0.3, 0.4) is 0 Å². The van der Waals surface area contributed by atoms with Gasteiger partial charge in [0, 0.05) is 30.6 Å². The molecule has 3 aromatic rings. The first-order chi connectivity index (χ1) is 19.0. The van der Waals surface area contributed by atoms with Crippen molar-refractivity contribution >= 4 is 29.5 Å². The Bertz CT molecular complexity index is 1340. The maximum Gasteiger partial charge on any atom is 0.344 e. The number of amides is 1. The molecule has 1 heterocycles. The van der Waals surface area contributed by atoms with Crippen molar-refractivity contribution in [3.8, 4) is 16.9 Å². The molecule has 7 heteroatoms. The van der Waals surface area contributed by atoms with Gasteiger partial charge in [0.1, 0.15) is 18.2 Å². The van der Waals surface area contributed by atoms with Gasteiger partial charge in [-0.3, -0.25) is 4.79 Å². The molecular weight excluding hydrogens is 490 g/mol. The molecule has 0 fully saturated rings. The van der Waals surface area contributed by atoms with Crippen molar-refractivity contribution in [3.63, 3.8) is 0 Å². The summed E-state index contributed by atoms with van der Waals surface area (Å²) in [5, 5.41) is 0. The molecule has 0 saturated heterocycles. The summed E-state index contributed by atoms with van der Waals surface area (Å²) in [6.07, 6.45) is 4.05. The van der Waals surface area contributed by atoms with Gasteiger partial charge in [0.25, 0.3) is 0 Å². The summed E-state index contributed by atoms with van der Waals surface area (Å²) in [7, 11) is 0. The quantitative estimate of drug-likeness (QED) is 0.315. The molecule has 1 aliphatic rings. The zero-order valence-electron chi connectivity index (χ0n) is 22.6. The van der Waals surface area contributed by atoms with E-state index in [0.29, 0.717) is 23.6 Å². The van der Waals surface area contributed by atoms with Gasteiger partial charge >= 0.3 is 5.97 Å². The average Bonchev–Trinajstić information content (AvgIpc) is 3.12. The Labute approximate surface area is 230 Å². The molecule has 39 heavy (non-hydrogen) atoms. The maximum atomic E-state index is 13.2. The third-order valence-corrected chi connectivity index (χ3v) is 6.33. The standard InChI is InChI=1S/C32H35N3O4/c1-3-16-35(17-4-2)32(37)27-18-26-11-10-25(19-29(26)34-30(33)20-27)24-12-14-28(15-13-24)38-22-31(36)39-21-23-8-6-5-7-9-23/h5-15,18-19H,3-4,16-17,20-22H2,1-2H3,(H2,33,34). The predicted molar refractivity (Wildman–Crippen MR) is 155 cm³/mol. The topological polar surface area (TPSA) is 94.2 Å². The van der Waals surface area contributed by atoms with Crippen molar-refractivity contribution in [1.82, 2.24) is 4.90 Å². The third-order valence-electron chi connectivity index (χ3n) is 6.33. The lowest BCUT2D eigenvalue weighted by atomic mass is 10.0. The zero-order chi connectivity index (χ0) is 27.6. The molecule has 3 aromatic carbocycles. The van der Waals surface area contributed by atoms with E-state index in [0.717, 1.165) is 53.9 Å². The number of fused-ring (bicyclic) bond motifs is 1. The number of hydrogen-bond donors (Lipinski definition) is 1. The number of esters is 1. The van der Waals surface area contributed by atoms with E-state index in [4.69, 9.17) is 15.2 Å². The van der Waals surface area contributed by atoms with E-state index >= 15 is 0 Å². The summed E-state index contributed by atoms with van der Waals surface area (Å²) < 4.78 is 10.9. The highest BCUT2D eigenvalue weighted by molar-refractivity contribution is 6.05. The van der Waals surface area contributed by atoms with Crippen LogP contribution in [0.25, 0.3) is 17.2 Å². The number of nitrogens with two attached hydrogens (primary N) is 1. The number of amidine groups is 1. The van der Waals surface area contributed by atoms with Gasteiger partial charge in [-0.1, -0.05) is 68.4 Å². The first-order valence-corrected chi connectivity index (χ1v) is 13.4. The largest absolute Gasteiger partial charge is 0.482 e. The molecule has 1 aliphatic heterocycles. The molecule has 4 rings (SSSR count). The van der Waals surface area contributed by atoms with Crippen LogP contribution in [0.15, 0.2) is 83.4 Å². The molecule has 0 aromatic heterocycles. The Hall–Kier alpha value is -4.39. The van der Waals surface area contributed by atoms with Gasteiger partial charge in [-0.15, -0.1) is 0 Å². The number of hydrogen-bond acceptors (Lipinski definition) is 6. The van der Waals surface area contributed by atoms with Crippen LogP contribution in [0.2, 0.25) is 0 Å². The van der Waals surface area contributed by atoms with E-state index in [1.165, 1.54) is 0 Å². The molecule has 7 nitrogen and oxygen atoms in total. The van der Waals surface area contributed by atoms with Crippen molar-refractivity contribution in [1.29, 1.82) is 0 Å². The van der Waals surface area contributed by atoms with Crippen LogP contribution in [-0.2, 0) is 20.9 Å². The predicted octanol–water partition coefficient (Wildman–Crippen LogP) is 5.90. The molecule has 0 radical (unpaired) electrons. The van der Waals surface area contributed by atoms with E-state index in [-0.39, 0.29) is 19.1 Å². The lowest BCUT2D eigenvalue weighted by Gasteiger charge is -2.22. The zero-order valence-corrected chi connectivity index (χ0v) is 22.6. The number of aliphatic imine (C=N–C) groups is 1. The van der Waals surface area contributed by atoms with Crippen LogP contribution in [0.4, 0.5) is 5.69 Å². The summed E-state index contributed by atoms with van der Waals surface area (Å²) in [4.78, 5) is 31.8. The van der Waals surface area contributed by atoms with Gasteiger partial charge in [-0.25, -0.2) is 9.79 Å². The van der Waals surface area contributed by atoms with Crippen LogP contribution in [0, 0.1) is 0 Å². The van der Waals surface area contributed by atoms with Crippen LogP contribution in [-0.4, -0.2) is 42.3 Å². The summed E-state index contributed by atoms with van der Waals surface area (Å²) in [5.74, 6) is 0.583. The highest BCUT2D eigenvalue weighted by Gasteiger charge is 2.21. The fraction of sp³-hybridized carbons (Fsp3) is 0.281. The lowest BCUT2D eigenvalue weighted by Crippen LogP contribution is -2.34. The first-order valence-electron chi connectivity index (χ1n) is 13.4. The van der Waals surface area contributed by atoms with Crippen LogP contribution >= 0.6 is 0 Å². The van der Waals surface area contributed by atoms with E-state index < -0.39 is 5.97 Å². The van der Waals surface area contributed by atoms with Gasteiger partial charge in [0.15, 0.2) is 6.61 Å². The van der Waals surface area contributed by atoms with E-state index in [1.54, 1.807) is 0 Å². The number of benzene rings is 3. The minimum absolute atomic E-state index is 0.0216. The van der Waals surface area contributed by atoms with Crippen molar-refractivity contribution in [3.05, 3.63) is 89.5 Å². The molecule has 0 unspecified atom stereocenters. The fourth-order valence-corrected chi connectivity index (χ4v) is 4.43. The molecule has 0 aliphatic carbocycles. The van der Waals surface area contributed by atoms with Crippen LogP contribution < -0.4 is 10.5 Å². The third kappa shape index (κ3) is 7.57. The van der Waals surface area contributed by atoms with Crippen molar-refractivity contribution in [2.75, 3.05) is 19.7 Å². The molecular formula is C32H35N3O4. The summed E-state index contributed by atoms with van der Waals surface area (Å²) >= 11 is 0. The number of rotatable bonds is 11. The monoisotopic (exact) mass is 525 g/mol. The van der Waals surface area contributed by atoms with Gasteiger partial charge in [0.2, 0.25) is 5.91 Å². The van der Waals surface area contributed by atoms with Gasteiger partial charge in [-0.2, -0.15) is 0 Å². The number of ether oxygens (including phenoxy) is 2. The van der Waals surface area contributed by atoms with E-state index in [1.807, 2.05) is 83.8 Å². The lowest BCUT2D eigenvalue weighted by molar-refractivity contribution is -0.147. The Kier molecular flexibility index (Phi) is 9.51. The Morgan fingerprint density at radius 2 is 1.62 bits per heavy atom. The molecule has 202 valence electrons. The normalized spacial score (nSPS) is 12.5. The Morgan fingerprint density at radius 1 is 0.923 bits per heavy atom. The van der Waals surface area contributed by atoms with Crippen LogP contribution in [0.5, 0.6) is 5.75 Å². The molecule has 2 N–H and O–H groups in total. The molecule has 0 spiro atoms. The SMILES string of the molecule is CCCN(CCC)C(=O)C1=Cc2ccc(-c3ccc(OCC(=O)OCc4ccccc4)cc3)cc2N=C(N)C1. The summed E-state index contributed by atoms with van der Waals surface area (Å²) in [5.41, 5.74) is 11.3. The van der Waals surface area contributed by atoms with Crippen molar-refractivity contribution in [2.45, 2.75) is 39.7 Å². The van der Waals surface area contributed by atoms with Gasteiger partial charge in [0.05, 0.1) is 5.69 Å². The maximum absolute atomic E-state index is 13.2. The van der Waals surface area contributed by atoms with Crippen LogP contribution in [0.1, 0.15) is 44.2 Å². The Morgan fingerprint density at radius 3 is 2.31 bits per heavy atom. The summed E-state index contributed by atoms with van der Waals surface area (Å²) in [6.45, 7) is 5.64. The minimum atomic E-state index is -0.428. The summed E-state index contributed by atoms with van der Waals surface area (Å²) in [6, 6.07) is 22.9. The smallest absolute Gasteiger partial charge is 0.344 e. The van der Waals surface area contributed by atoms with Crippen molar-refractivity contribution < 1.29 is 19.1 Å². The van der Waals surface area contributed by atoms with Crippen molar-refractivity contribution in [2.24, 2.45) is 10.7 Å². The highest BCUT2D eigenvalue weighted by Crippen LogP contribution is 2.32. The Balaban J connectivity index is 1.42. The van der Waals surface area contributed by atoms with E-state index in [9.17, 15) is 9.59 Å². The molecule has 0 saturated carbocycles. The van der Waals surface area contributed by atoms with E-state index in [2.05, 4.69) is 18.8 Å². The minimum Gasteiger partial charge on any atom is -0.482 e. The first kappa shape index (κ1) is 27.6. The number of carbonyl (C=O) groups excluding carboxylic acids is 2. The number of carbonyl (C=O) groups is 2.